The summed E-state index contributed by atoms with van der Waals surface area (Å²) in [6, 6.07) is 0. The van der Waals surface area contributed by atoms with Gasteiger partial charge in [-0.1, -0.05) is 18.7 Å². The first-order valence-electron chi connectivity index (χ1n) is 8.68. The number of carbonyl (C=O) groups is 2. The monoisotopic (exact) mass is 351 g/mol. The molecule has 7 nitrogen and oxygen atoms in total. The first kappa shape index (κ1) is 17.3. The molecule has 0 aromatic carbocycles. The zero-order valence-electron chi connectivity index (χ0n) is 14.1. The molecule has 0 bridgehead atoms. The molecule has 3 rings (SSSR count). The van der Waals surface area contributed by atoms with E-state index in [1.54, 1.807) is 6.20 Å². The maximum atomic E-state index is 12.7. The highest BCUT2D eigenvalue weighted by Gasteiger charge is 2.31. The molecule has 2 fully saturated rings. The van der Waals surface area contributed by atoms with Crippen LogP contribution in [0.2, 0.25) is 0 Å². The first-order chi connectivity index (χ1) is 11.6. The Morgan fingerprint density at radius 3 is 2.71 bits per heavy atom. The van der Waals surface area contributed by atoms with Gasteiger partial charge in [0.25, 0.3) is 0 Å². The van der Waals surface area contributed by atoms with E-state index in [0.717, 1.165) is 37.4 Å². The van der Waals surface area contributed by atoms with Crippen molar-refractivity contribution in [2.24, 2.45) is 11.8 Å². The second-order valence-corrected chi connectivity index (χ2v) is 7.78. The third-order valence-corrected chi connectivity index (χ3v) is 5.79. The number of aromatic nitrogens is 3. The average molecular weight is 351 g/mol. The number of hydrogen-bond acceptors (Lipinski definition) is 5. The summed E-state index contributed by atoms with van der Waals surface area (Å²) in [7, 11) is 0. The summed E-state index contributed by atoms with van der Waals surface area (Å²) in [5.74, 6) is 1.47. The molecule has 1 atom stereocenters. The van der Waals surface area contributed by atoms with Crippen molar-refractivity contribution in [3.8, 4) is 0 Å². The molecule has 0 spiro atoms. The summed E-state index contributed by atoms with van der Waals surface area (Å²) in [6.07, 6.45) is 5.51. The van der Waals surface area contributed by atoms with E-state index < -0.39 is 0 Å². The van der Waals surface area contributed by atoms with Crippen molar-refractivity contribution in [1.29, 1.82) is 0 Å². The van der Waals surface area contributed by atoms with Gasteiger partial charge in [-0.05, 0) is 31.6 Å². The summed E-state index contributed by atoms with van der Waals surface area (Å²) in [5.41, 5.74) is 0. The van der Waals surface area contributed by atoms with Gasteiger partial charge in [0, 0.05) is 32.1 Å². The summed E-state index contributed by atoms with van der Waals surface area (Å²) >= 11 is 1.39. The van der Waals surface area contributed by atoms with Crippen molar-refractivity contribution in [1.82, 2.24) is 25.2 Å². The normalized spacial score (nSPS) is 22.6. The van der Waals surface area contributed by atoms with Gasteiger partial charge in [0.2, 0.25) is 11.8 Å². The molecule has 24 heavy (non-hydrogen) atoms. The Hall–Kier alpha value is -1.57. The van der Waals surface area contributed by atoms with E-state index in [-0.39, 0.29) is 11.8 Å². The van der Waals surface area contributed by atoms with Crippen LogP contribution in [0.25, 0.3) is 0 Å². The Morgan fingerprint density at radius 2 is 2.04 bits per heavy atom. The fourth-order valence-electron chi connectivity index (χ4n) is 3.51. The van der Waals surface area contributed by atoms with Gasteiger partial charge >= 0.3 is 0 Å². The number of carbonyl (C=O) groups excluding carboxylic acids is 2. The smallest absolute Gasteiger partial charge is 0.232 e. The lowest BCUT2D eigenvalue weighted by atomic mass is 9.93. The summed E-state index contributed by atoms with van der Waals surface area (Å²) in [4.78, 5) is 28.8. The molecule has 132 valence electrons. The van der Waals surface area contributed by atoms with Crippen LogP contribution >= 0.6 is 11.8 Å². The van der Waals surface area contributed by atoms with Crippen molar-refractivity contribution < 1.29 is 9.59 Å². The Kier molecular flexibility index (Phi) is 5.76. The molecule has 1 unspecified atom stereocenters. The van der Waals surface area contributed by atoms with E-state index in [1.165, 1.54) is 18.2 Å². The number of hydrogen-bond donors (Lipinski definition) is 1. The number of piperidine rings is 2. The third-order valence-electron chi connectivity index (χ3n) is 4.90. The Bertz CT molecular complexity index is 557. The van der Waals surface area contributed by atoms with E-state index in [9.17, 15) is 9.59 Å². The van der Waals surface area contributed by atoms with E-state index in [2.05, 4.69) is 22.3 Å². The van der Waals surface area contributed by atoms with Crippen LogP contribution in [0.4, 0.5) is 0 Å². The zero-order valence-corrected chi connectivity index (χ0v) is 14.9. The lowest BCUT2D eigenvalue weighted by Gasteiger charge is -2.37. The highest BCUT2D eigenvalue weighted by molar-refractivity contribution is 7.99. The Balaban J connectivity index is 1.43. The molecule has 1 N–H and O–H groups in total. The van der Waals surface area contributed by atoms with E-state index in [1.807, 2.05) is 9.80 Å². The molecule has 2 aliphatic rings. The minimum atomic E-state index is 0.0857. The quantitative estimate of drug-likeness (QED) is 0.829. The Labute approximate surface area is 146 Å². The number of nitrogens with one attached hydrogen (secondary N) is 1. The number of amides is 2. The number of nitrogens with zero attached hydrogens (tertiary/aromatic N) is 4. The molecule has 0 aliphatic carbocycles. The number of likely N-dealkylation sites (tertiary alicyclic amines) is 2. The molecule has 1 aromatic heterocycles. The van der Waals surface area contributed by atoms with Crippen molar-refractivity contribution in [3.63, 3.8) is 0 Å². The maximum absolute atomic E-state index is 12.7. The van der Waals surface area contributed by atoms with Crippen LogP contribution in [0.3, 0.4) is 0 Å². The topological polar surface area (TPSA) is 82.2 Å². The molecule has 1 aromatic rings. The van der Waals surface area contributed by atoms with Crippen molar-refractivity contribution >= 4 is 23.6 Å². The fraction of sp³-hybridized carbons (Fsp3) is 0.750. The minimum Gasteiger partial charge on any atom is -0.342 e. The van der Waals surface area contributed by atoms with Gasteiger partial charge in [-0.2, -0.15) is 10.3 Å². The maximum Gasteiger partial charge on any atom is 0.232 e. The zero-order chi connectivity index (χ0) is 16.9. The van der Waals surface area contributed by atoms with E-state index in [0.29, 0.717) is 30.7 Å². The third kappa shape index (κ3) is 4.28. The second kappa shape index (κ2) is 8.00. The van der Waals surface area contributed by atoms with Crippen LogP contribution < -0.4 is 0 Å². The van der Waals surface area contributed by atoms with E-state index >= 15 is 0 Å². The van der Waals surface area contributed by atoms with Crippen LogP contribution in [0.1, 0.15) is 32.6 Å². The van der Waals surface area contributed by atoms with Crippen LogP contribution in [0.5, 0.6) is 0 Å². The number of thioether (sulfide) groups is 1. The molecule has 2 saturated heterocycles. The van der Waals surface area contributed by atoms with Gasteiger partial charge < -0.3 is 9.80 Å². The van der Waals surface area contributed by atoms with Gasteiger partial charge in [0.1, 0.15) is 5.03 Å². The molecular formula is C16H25N5O2S. The summed E-state index contributed by atoms with van der Waals surface area (Å²) in [6.45, 7) is 5.37. The fourth-order valence-corrected chi connectivity index (χ4v) is 4.20. The molecule has 2 amide bonds. The summed E-state index contributed by atoms with van der Waals surface area (Å²) in [5, 5.41) is 10.9. The number of H-pyrrole nitrogens is 1. The van der Waals surface area contributed by atoms with Gasteiger partial charge in [-0.3, -0.25) is 9.59 Å². The first-order valence-corrected chi connectivity index (χ1v) is 9.67. The molecule has 0 radical (unpaired) electrons. The van der Waals surface area contributed by atoms with Gasteiger partial charge in [0.05, 0.1) is 11.9 Å². The Morgan fingerprint density at radius 1 is 1.25 bits per heavy atom. The van der Waals surface area contributed by atoms with Crippen molar-refractivity contribution in [3.05, 3.63) is 6.20 Å². The number of rotatable bonds is 4. The molecule has 3 heterocycles. The molecule has 2 aliphatic heterocycles. The van der Waals surface area contributed by atoms with Crippen LogP contribution in [-0.4, -0.2) is 69.0 Å². The second-order valence-electron chi connectivity index (χ2n) is 6.78. The highest BCUT2D eigenvalue weighted by Crippen LogP contribution is 2.24. The molecule has 8 heteroatoms. The SMILES string of the molecule is CC1CCCN(C(=O)C2CCN(C(=O)CSc3cn[nH]n3)CC2)C1. The molecule has 0 saturated carbocycles. The predicted molar refractivity (Wildman–Crippen MR) is 91.4 cm³/mol. The minimum absolute atomic E-state index is 0.0857. The molecular weight excluding hydrogens is 326 g/mol. The van der Waals surface area contributed by atoms with Crippen LogP contribution in [-0.2, 0) is 9.59 Å². The van der Waals surface area contributed by atoms with Crippen LogP contribution in [0, 0.1) is 11.8 Å². The largest absolute Gasteiger partial charge is 0.342 e. The average Bonchev–Trinajstić information content (AvgIpc) is 3.13. The predicted octanol–water partition coefficient (Wildman–Crippen LogP) is 1.39. The van der Waals surface area contributed by atoms with Gasteiger partial charge in [-0.15, -0.1) is 5.10 Å². The van der Waals surface area contributed by atoms with Crippen LogP contribution in [0.15, 0.2) is 11.2 Å². The van der Waals surface area contributed by atoms with Gasteiger partial charge in [-0.25, -0.2) is 0 Å². The standard InChI is InChI=1S/C16H25N5O2S/c1-12-3-2-6-21(10-12)16(23)13-4-7-20(8-5-13)15(22)11-24-14-9-17-19-18-14/h9,12-13H,2-8,10-11H2,1H3,(H,17,18,19). The lowest BCUT2D eigenvalue weighted by molar-refractivity contribution is -0.141. The summed E-state index contributed by atoms with van der Waals surface area (Å²) < 4.78 is 0. The van der Waals surface area contributed by atoms with Crippen molar-refractivity contribution in [2.45, 2.75) is 37.6 Å². The lowest BCUT2D eigenvalue weighted by Crippen LogP contribution is -2.47. The van der Waals surface area contributed by atoms with Gasteiger partial charge in [0.15, 0.2) is 0 Å². The highest BCUT2D eigenvalue weighted by atomic mass is 32.2. The number of aromatic amines is 1. The van der Waals surface area contributed by atoms with E-state index in [4.69, 9.17) is 0 Å². The van der Waals surface area contributed by atoms with Crippen molar-refractivity contribution in [2.75, 3.05) is 31.9 Å².